The van der Waals surface area contributed by atoms with Crippen molar-refractivity contribution < 1.29 is 19.2 Å². The highest BCUT2D eigenvalue weighted by atomic mass is 79.9. The van der Waals surface area contributed by atoms with E-state index in [1.807, 2.05) is 0 Å². The molecule has 0 aromatic heterocycles. The standard InChI is InChI=1S/C11H12BrN3O5/c12-10-7(2-1-3-8(10)15(18)19)11(17)14-4-5-20-6-9(13)16/h1-3H,4-6H2,(H2,13,16)(H,14,17). The molecule has 0 aliphatic rings. The normalized spacial score (nSPS) is 10.1. The Hall–Kier alpha value is -2.00. The molecule has 0 spiro atoms. The lowest BCUT2D eigenvalue weighted by Crippen LogP contribution is -2.29. The number of hydrogen-bond acceptors (Lipinski definition) is 5. The van der Waals surface area contributed by atoms with Crippen LogP contribution in [-0.4, -0.2) is 36.5 Å². The number of benzene rings is 1. The van der Waals surface area contributed by atoms with Crippen LogP contribution in [0.1, 0.15) is 10.4 Å². The summed E-state index contributed by atoms with van der Waals surface area (Å²) in [5, 5.41) is 13.3. The van der Waals surface area contributed by atoms with Crippen LogP contribution in [0, 0.1) is 10.1 Å². The minimum absolute atomic E-state index is 0.112. The Bertz CT molecular complexity index is 535. The van der Waals surface area contributed by atoms with E-state index < -0.39 is 16.7 Å². The van der Waals surface area contributed by atoms with Crippen molar-refractivity contribution in [1.29, 1.82) is 0 Å². The van der Waals surface area contributed by atoms with Crippen molar-refractivity contribution in [1.82, 2.24) is 5.32 Å². The number of nitrogens with zero attached hydrogens (tertiary/aromatic N) is 1. The van der Waals surface area contributed by atoms with E-state index in [4.69, 9.17) is 10.5 Å². The molecule has 0 bridgehead atoms. The highest BCUT2D eigenvalue weighted by molar-refractivity contribution is 9.10. The molecule has 3 N–H and O–H groups in total. The number of rotatable bonds is 7. The van der Waals surface area contributed by atoms with Crippen molar-refractivity contribution in [2.75, 3.05) is 19.8 Å². The largest absolute Gasteiger partial charge is 0.370 e. The van der Waals surface area contributed by atoms with Crippen LogP contribution in [-0.2, 0) is 9.53 Å². The van der Waals surface area contributed by atoms with Crippen LogP contribution in [0.2, 0.25) is 0 Å². The van der Waals surface area contributed by atoms with Crippen molar-refractivity contribution in [2.24, 2.45) is 5.73 Å². The summed E-state index contributed by atoms with van der Waals surface area (Å²) in [7, 11) is 0. The van der Waals surface area contributed by atoms with Gasteiger partial charge in [-0.1, -0.05) is 6.07 Å². The van der Waals surface area contributed by atoms with Crippen LogP contribution >= 0.6 is 15.9 Å². The van der Waals surface area contributed by atoms with Crippen molar-refractivity contribution in [3.8, 4) is 0 Å². The number of nitrogens with one attached hydrogen (secondary N) is 1. The monoisotopic (exact) mass is 345 g/mol. The summed E-state index contributed by atoms with van der Waals surface area (Å²) in [6.07, 6.45) is 0. The molecule has 1 aromatic carbocycles. The molecular weight excluding hydrogens is 334 g/mol. The Balaban J connectivity index is 2.58. The first-order chi connectivity index (χ1) is 9.43. The summed E-state index contributed by atoms with van der Waals surface area (Å²) in [5.41, 5.74) is 4.82. The van der Waals surface area contributed by atoms with Gasteiger partial charge in [0, 0.05) is 12.6 Å². The second kappa shape index (κ2) is 7.56. The third kappa shape index (κ3) is 4.59. The minimum Gasteiger partial charge on any atom is -0.370 e. The lowest BCUT2D eigenvalue weighted by atomic mass is 10.2. The van der Waals surface area contributed by atoms with Gasteiger partial charge in [-0.05, 0) is 22.0 Å². The van der Waals surface area contributed by atoms with E-state index in [0.717, 1.165) is 0 Å². The van der Waals surface area contributed by atoms with Crippen LogP contribution in [0.5, 0.6) is 0 Å². The molecule has 0 saturated heterocycles. The number of hydrogen-bond donors (Lipinski definition) is 2. The number of ether oxygens (including phenoxy) is 1. The minimum atomic E-state index is -0.599. The summed E-state index contributed by atoms with van der Waals surface area (Å²) in [4.78, 5) is 32.4. The number of carbonyl (C=O) groups is 2. The van der Waals surface area contributed by atoms with Gasteiger partial charge in [0.2, 0.25) is 5.91 Å². The molecule has 0 heterocycles. The maximum atomic E-state index is 11.8. The van der Waals surface area contributed by atoms with Crippen LogP contribution in [0.3, 0.4) is 0 Å². The van der Waals surface area contributed by atoms with Gasteiger partial charge in [-0.2, -0.15) is 0 Å². The van der Waals surface area contributed by atoms with Crippen molar-refractivity contribution in [3.05, 3.63) is 38.3 Å². The molecular formula is C11H12BrN3O5. The van der Waals surface area contributed by atoms with E-state index in [1.54, 1.807) is 0 Å². The molecule has 0 saturated carbocycles. The van der Waals surface area contributed by atoms with Crippen molar-refractivity contribution in [3.63, 3.8) is 0 Å². The Morgan fingerprint density at radius 1 is 1.45 bits per heavy atom. The molecule has 1 rings (SSSR count). The Labute approximate surface area is 122 Å². The number of amides is 2. The molecule has 0 aliphatic carbocycles. The van der Waals surface area contributed by atoms with Gasteiger partial charge in [0.25, 0.3) is 11.6 Å². The quantitative estimate of drug-likeness (QED) is 0.425. The van der Waals surface area contributed by atoms with Gasteiger partial charge in [0.1, 0.15) is 11.1 Å². The zero-order valence-corrected chi connectivity index (χ0v) is 11.9. The maximum Gasteiger partial charge on any atom is 0.284 e. The zero-order valence-electron chi connectivity index (χ0n) is 10.3. The smallest absolute Gasteiger partial charge is 0.284 e. The SMILES string of the molecule is NC(=O)COCCNC(=O)c1cccc([N+](=O)[O-])c1Br. The van der Waals surface area contributed by atoms with E-state index in [2.05, 4.69) is 21.2 Å². The number of nitro benzene ring substituents is 1. The number of nitro groups is 1. The van der Waals surface area contributed by atoms with Crippen LogP contribution in [0.25, 0.3) is 0 Å². The summed E-state index contributed by atoms with van der Waals surface area (Å²) in [5.74, 6) is -1.08. The molecule has 0 fully saturated rings. The predicted octanol–water partition coefficient (Wildman–Crippen LogP) is 0.589. The van der Waals surface area contributed by atoms with E-state index in [9.17, 15) is 19.7 Å². The molecule has 0 radical (unpaired) electrons. The molecule has 1 aromatic rings. The number of halogens is 1. The molecule has 0 atom stereocenters. The number of nitrogens with two attached hydrogens (primary N) is 1. The Kier molecular flexibility index (Phi) is 6.07. The van der Waals surface area contributed by atoms with E-state index in [-0.39, 0.29) is 35.5 Å². The first kappa shape index (κ1) is 16.1. The van der Waals surface area contributed by atoms with Gasteiger partial charge in [-0.15, -0.1) is 0 Å². The van der Waals surface area contributed by atoms with Gasteiger partial charge in [-0.25, -0.2) is 0 Å². The van der Waals surface area contributed by atoms with Crippen molar-refractivity contribution >= 4 is 33.4 Å². The van der Waals surface area contributed by atoms with Gasteiger partial charge in [0.15, 0.2) is 0 Å². The van der Waals surface area contributed by atoms with Gasteiger partial charge < -0.3 is 15.8 Å². The van der Waals surface area contributed by atoms with Crippen LogP contribution < -0.4 is 11.1 Å². The molecule has 0 unspecified atom stereocenters. The first-order valence-corrected chi connectivity index (χ1v) is 6.30. The zero-order chi connectivity index (χ0) is 15.1. The Morgan fingerprint density at radius 3 is 2.75 bits per heavy atom. The second-order valence-corrected chi connectivity index (χ2v) is 4.46. The third-order valence-electron chi connectivity index (χ3n) is 2.20. The molecule has 2 amide bonds. The molecule has 8 nitrogen and oxygen atoms in total. The Morgan fingerprint density at radius 2 is 2.15 bits per heavy atom. The predicted molar refractivity (Wildman–Crippen MR) is 73.1 cm³/mol. The van der Waals surface area contributed by atoms with Gasteiger partial charge in [-0.3, -0.25) is 19.7 Å². The number of carbonyl (C=O) groups excluding carboxylic acids is 2. The lowest BCUT2D eigenvalue weighted by Gasteiger charge is -2.07. The fraction of sp³-hybridized carbons (Fsp3) is 0.273. The summed E-state index contributed by atoms with van der Waals surface area (Å²) >= 11 is 3.03. The summed E-state index contributed by atoms with van der Waals surface area (Å²) in [6, 6.07) is 4.16. The highest BCUT2D eigenvalue weighted by Crippen LogP contribution is 2.27. The summed E-state index contributed by atoms with van der Waals surface area (Å²) in [6.45, 7) is 0.0405. The molecule has 0 aliphatic heterocycles. The van der Waals surface area contributed by atoms with Gasteiger partial charge in [0.05, 0.1) is 17.1 Å². The van der Waals surface area contributed by atoms with Crippen LogP contribution in [0.15, 0.2) is 22.7 Å². The highest BCUT2D eigenvalue weighted by Gasteiger charge is 2.18. The van der Waals surface area contributed by atoms with Crippen LogP contribution in [0.4, 0.5) is 5.69 Å². The first-order valence-electron chi connectivity index (χ1n) is 5.50. The summed E-state index contributed by atoms with van der Waals surface area (Å²) < 4.78 is 4.98. The maximum absolute atomic E-state index is 11.8. The second-order valence-electron chi connectivity index (χ2n) is 3.67. The topological polar surface area (TPSA) is 125 Å². The average molecular weight is 346 g/mol. The molecule has 108 valence electrons. The third-order valence-corrected chi connectivity index (χ3v) is 3.03. The van der Waals surface area contributed by atoms with E-state index in [1.165, 1.54) is 18.2 Å². The van der Waals surface area contributed by atoms with E-state index in [0.29, 0.717) is 0 Å². The van der Waals surface area contributed by atoms with E-state index >= 15 is 0 Å². The number of primary amides is 1. The van der Waals surface area contributed by atoms with Crippen molar-refractivity contribution in [2.45, 2.75) is 0 Å². The average Bonchev–Trinajstić information content (AvgIpc) is 2.37. The van der Waals surface area contributed by atoms with Gasteiger partial charge >= 0.3 is 0 Å². The molecule has 9 heteroatoms. The lowest BCUT2D eigenvalue weighted by molar-refractivity contribution is -0.385. The fourth-order valence-electron chi connectivity index (χ4n) is 1.34. The molecule has 20 heavy (non-hydrogen) atoms. The fourth-order valence-corrected chi connectivity index (χ4v) is 1.93.